The Bertz CT molecular complexity index is 295. The van der Waals surface area contributed by atoms with Crippen molar-refractivity contribution in [3.05, 3.63) is 23.0 Å². The van der Waals surface area contributed by atoms with Crippen LogP contribution >= 0.6 is 0 Å². The SMILES string of the molecule is OCC1=COC(O)(CO)C(CO)=C1CO. The second kappa shape index (κ2) is 4.73. The molecule has 0 bridgehead atoms. The Morgan fingerprint density at radius 3 is 2.13 bits per heavy atom. The molecule has 5 N–H and O–H groups in total. The van der Waals surface area contributed by atoms with Crippen LogP contribution < -0.4 is 0 Å². The minimum atomic E-state index is -2.02. The van der Waals surface area contributed by atoms with Crippen LogP contribution in [0.15, 0.2) is 23.0 Å². The van der Waals surface area contributed by atoms with Crippen LogP contribution in [0.4, 0.5) is 0 Å². The smallest absolute Gasteiger partial charge is 0.256 e. The average molecular weight is 218 g/mol. The number of ether oxygens (including phenoxy) is 1. The van der Waals surface area contributed by atoms with E-state index < -0.39 is 25.6 Å². The molecule has 0 aliphatic carbocycles. The first-order valence-corrected chi connectivity index (χ1v) is 4.38. The first kappa shape index (κ1) is 12.2. The van der Waals surface area contributed by atoms with Gasteiger partial charge in [-0.05, 0) is 5.57 Å². The first-order chi connectivity index (χ1) is 7.12. The van der Waals surface area contributed by atoms with Gasteiger partial charge < -0.3 is 30.3 Å². The van der Waals surface area contributed by atoms with E-state index in [1.165, 1.54) is 0 Å². The van der Waals surface area contributed by atoms with Gasteiger partial charge in [-0.15, -0.1) is 0 Å². The van der Waals surface area contributed by atoms with Gasteiger partial charge in [0.25, 0.3) is 5.79 Å². The molecule has 1 unspecified atom stereocenters. The average Bonchev–Trinajstić information content (AvgIpc) is 2.28. The summed E-state index contributed by atoms with van der Waals surface area (Å²) in [6.45, 7) is -2.18. The van der Waals surface area contributed by atoms with E-state index in [9.17, 15) is 5.11 Å². The Kier molecular flexibility index (Phi) is 3.83. The summed E-state index contributed by atoms with van der Waals surface area (Å²) in [7, 11) is 0. The minimum absolute atomic E-state index is 0.0425. The van der Waals surface area contributed by atoms with Crippen LogP contribution in [0, 0.1) is 0 Å². The molecule has 0 aromatic heterocycles. The largest absolute Gasteiger partial charge is 0.463 e. The lowest BCUT2D eigenvalue weighted by Crippen LogP contribution is -2.42. The second-order valence-corrected chi connectivity index (χ2v) is 3.13. The molecule has 86 valence electrons. The van der Waals surface area contributed by atoms with E-state index in [-0.39, 0.29) is 23.3 Å². The third-order valence-corrected chi connectivity index (χ3v) is 2.32. The molecule has 6 nitrogen and oxygen atoms in total. The molecule has 0 fully saturated rings. The van der Waals surface area contributed by atoms with E-state index in [1.54, 1.807) is 0 Å². The second-order valence-electron chi connectivity index (χ2n) is 3.13. The van der Waals surface area contributed by atoms with E-state index in [2.05, 4.69) is 0 Å². The van der Waals surface area contributed by atoms with Gasteiger partial charge in [0.05, 0.1) is 26.1 Å². The molecule has 0 radical (unpaired) electrons. The highest BCUT2D eigenvalue weighted by atomic mass is 16.6. The van der Waals surface area contributed by atoms with E-state index in [1.807, 2.05) is 0 Å². The molecule has 0 spiro atoms. The number of aliphatic hydroxyl groups excluding tert-OH is 4. The summed E-state index contributed by atoms with van der Waals surface area (Å²) in [5.74, 6) is -2.02. The van der Waals surface area contributed by atoms with Gasteiger partial charge in [-0.2, -0.15) is 0 Å². The van der Waals surface area contributed by atoms with E-state index in [0.29, 0.717) is 0 Å². The zero-order valence-electron chi connectivity index (χ0n) is 8.05. The molecule has 0 aromatic rings. The summed E-state index contributed by atoms with van der Waals surface area (Å²) in [6.07, 6.45) is 1.06. The van der Waals surface area contributed by atoms with Gasteiger partial charge in [0.15, 0.2) is 0 Å². The molecule has 1 heterocycles. The maximum Gasteiger partial charge on any atom is 0.256 e. The van der Waals surface area contributed by atoms with Crippen molar-refractivity contribution >= 4 is 0 Å². The fourth-order valence-corrected chi connectivity index (χ4v) is 1.42. The third-order valence-electron chi connectivity index (χ3n) is 2.32. The van der Waals surface area contributed by atoms with E-state index >= 15 is 0 Å². The predicted molar refractivity (Wildman–Crippen MR) is 49.5 cm³/mol. The standard InChI is InChI=1S/C9H14O6/c10-1-6-4-15-9(14,5-13)8(3-12)7(6)2-11/h4,10-14H,1-3,5H2. The Hall–Kier alpha value is -0.920. The fourth-order valence-electron chi connectivity index (χ4n) is 1.42. The molecular weight excluding hydrogens is 204 g/mol. The summed E-state index contributed by atoms with van der Waals surface area (Å²) < 4.78 is 4.81. The fraction of sp³-hybridized carbons (Fsp3) is 0.556. The lowest BCUT2D eigenvalue weighted by atomic mass is 9.94. The molecule has 6 heteroatoms. The monoisotopic (exact) mass is 218 g/mol. The van der Waals surface area contributed by atoms with Gasteiger partial charge in [-0.3, -0.25) is 0 Å². The van der Waals surface area contributed by atoms with Crippen molar-refractivity contribution in [2.75, 3.05) is 26.4 Å². The van der Waals surface area contributed by atoms with Crippen LogP contribution in [0.25, 0.3) is 0 Å². The van der Waals surface area contributed by atoms with Gasteiger partial charge in [0.2, 0.25) is 0 Å². The minimum Gasteiger partial charge on any atom is -0.463 e. The van der Waals surface area contributed by atoms with Crippen LogP contribution in [0.2, 0.25) is 0 Å². The van der Waals surface area contributed by atoms with Crippen molar-refractivity contribution in [3.8, 4) is 0 Å². The van der Waals surface area contributed by atoms with Crippen LogP contribution in [-0.4, -0.2) is 57.7 Å². The Morgan fingerprint density at radius 2 is 1.73 bits per heavy atom. The molecule has 1 rings (SSSR count). The van der Waals surface area contributed by atoms with Gasteiger partial charge in [0.1, 0.15) is 6.61 Å². The Labute approximate surface area is 86.4 Å². The van der Waals surface area contributed by atoms with Crippen molar-refractivity contribution < 1.29 is 30.3 Å². The van der Waals surface area contributed by atoms with Crippen LogP contribution in [-0.2, 0) is 4.74 Å². The number of aliphatic hydroxyl groups is 5. The number of hydrogen-bond donors (Lipinski definition) is 5. The summed E-state index contributed by atoms with van der Waals surface area (Å²) in [5, 5.41) is 45.7. The van der Waals surface area contributed by atoms with Gasteiger partial charge >= 0.3 is 0 Å². The van der Waals surface area contributed by atoms with E-state index in [0.717, 1.165) is 6.26 Å². The zero-order valence-corrected chi connectivity index (χ0v) is 8.05. The Morgan fingerprint density at radius 1 is 1.07 bits per heavy atom. The molecule has 0 amide bonds. The molecular formula is C9H14O6. The van der Waals surface area contributed by atoms with E-state index in [4.69, 9.17) is 25.2 Å². The highest BCUT2D eigenvalue weighted by Crippen LogP contribution is 2.30. The summed E-state index contributed by atoms with van der Waals surface area (Å²) in [4.78, 5) is 0. The molecule has 1 atom stereocenters. The van der Waals surface area contributed by atoms with Crippen molar-refractivity contribution in [3.63, 3.8) is 0 Å². The summed E-state index contributed by atoms with van der Waals surface area (Å²) in [5.41, 5.74) is 0.404. The van der Waals surface area contributed by atoms with Crippen LogP contribution in [0.5, 0.6) is 0 Å². The quantitative estimate of drug-likeness (QED) is 0.368. The molecule has 1 aliphatic rings. The molecule has 0 aromatic carbocycles. The Balaban J connectivity index is 3.17. The maximum atomic E-state index is 9.73. The first-order valence-electron chi connectivity index (χ1n) is 4.38. The van der Waals surface area contributed by atoms with Crippen molar-refractivity contribution in [1.82, 2.24) is 0 Å². The zero-order chi connectivity index (χ0) is 11.5. The number of rotatable bonds is 4. The number of hydrogen-bond acceptors (Lipinski definition) is 6. The third kappa shape index (κ3) is 2.04. The molecule has 0 saturated heterocycles. The van der Waals surface area contributed by atoms with Crippen molar-refractivity contribution in [2.24, 2.45) is 0 Å². The van der Waals surface area contributed by atoms with Crippen molar-refractivity contribution in [1.29, 1.82) is 0 Å². The molecule has 0 saturated carbocycles. The van der Waals surface area contributed by atoms with Gasteiger partial charge in [-0.25, -0.2) is 0 Å². The summed E-state index contributed by atoms with van der Waals surface area (Å²) in [6, 6.07) is 0. The normalized spacial score (nSPS) is 26.3. The van der Waals surface area contributed by atoms with Crippen molar-refractivity contribution in [2.45, 2.75) is 5.79 Å². The molecule has 1 aliphatic heterocycles. The summed E-state index contributed by atoms with van der Waals surface area (Å²) >= 11 is 0. The topological polar surface area (TPSA) is 110 Å². The maximum absolute atomic E-state index is 9.73. The van der Waals surface area contributed by atoms with Gasteiger partial charge in [0, 0.05) is 11.1 Å². The highest BCUT2D eigenvalue weighted by molar-refractivity contribution is 5.41. The lowest BCUT2D eigenvalue weighted by Gasteiger charge is -2.33. The lowest BCUT2D eigenvalue weighted by molar-refractivity contribution is -0.170. The molecule has 15 heavy (non-hydrogen) atoms. The van der Waals surface area contributed by atoms with Crippen LogP contribution in [0.3, 0.4) is 0 Å². The highest BCUT2D eigenvalue weighted by Gasteiger charge is 2.37. The predicted octanol–water partition coefficient (Wildman–Crippen LogP) is -2.15. The van der Waals surface area contributed by atoms with Gasteiger partial charge in [-0.1, -0.05) is 0 Å². The van der Waals surface area contributed by atoms with Crippen LogP contribution in [0.1, 0.15) is 0 Å².